The lowest BCUT2D eigenvalue weighted by molar-refractivity contribution is 0.0952. The molecular weight excluding hydrogens is 434 g/mol. The molecule has 35 heavy (non-hydrogen) atoms. The van der Waals surface area contributed by atoms with Gasteiger partial charge in [0.25, 0.3) is 11.8 Å². The molecule has 0 radical (unpaired) electrons. The molecule has 1 heterocycles. The highest BCUT2D eigenvalue weighted by atomic mass is 16.2. The molecule has 0 unspecified atom stereocenters. The average Bonchev–Trinajstić information content (AvgIpc) is 3.02. The molecule has 0 bridgehead atoms. The summed E-state index contributed by atoms with van der Waals surface area (Å²) < 4.78 is 0. The first-order chi connectivity index (χ1) is 17.1. The maximum Gasteiger partial charge on any atom is 0.257 e. The molecule has 2 amide bonds. The van der Waals surface area contributed by atoms with Crippen molar-refractivity contribution in [1.82, 2.24) is 5.32 Å². The number of anilines is 3. The van der Waals surface area contributed by atoms with E-state index in [1.165, 1.54) is 11.1 Å². The molecule has 5 nitrogen and oxygen atoms in total. The topological polar surface area (TPSA) is 61.4 Å². The Labute approximate surface area is 205 Å². The van der Waals surface area contributed by atoms with Crippen LogP contribution in [-0.2, 0) is 6.42 Å². The van der Waals surface area contributed by atoms with Crippen LogP contribution in [0, 0.1) is 0 Å². The quantitative estimate of drug-likeness (QED) is 0.367. The molecule has 4 aromatic carbocycles. The molecule has 4 aromatic rings. The van der Waals surface area contributed by atoms with Gasteiger partial charge in [-0.05, 0) is 60.4 Å². The lowest BCUT2D eigenvalue weighted by atomic mass is 10.0. The number of benzene rings is 4. The van der Waals surface area contributed by atoms with Crippen molar-refractivity contribution in [2.24, 2.45) is 0 Å². The van der Waals surface area contributed by atoms with Crippen molar-refractivity contribution in [3.8, 4) is 11.1 Å². The summed E-state index contributed by atoms with van der Waals surface area (Å²) in [6, 6.07) is 31.7. The molecule has 2 N–H and O–H groups in total. The lowest BCUT2D eigenvalue weighted by Crippen LogP contribution is -2.26. The minimum absolute atomic E-state index is 0.159. The minimum atomic E-state index is -0.172. The third-order valence-corrected chi connectivity index (χ3v) is 6.31. The van der Waals surface area contributed by atoms with E-state index in [0.29, 0.717) is 29.9 Å². The van der Waals surface area contributed by atoms with Crippen LogP contribution < -0.4 is 15.5 Å². The van der Waals surface area contributed by atoms with Crippen LogP contribution in [0.2, 0.25) is 0 Å². The third kappa shape index (κ3) is 4.66. The number of rotatable bonds is 6. The van der Waals surface area contributed by atoms with Gasteiger partial charge < -0.3 is 15.5 Å². The minimum Gasteiger partial charge on any atom is -0.352 e. The monoisotopic (exact) mass is 461 g/mol. The number of nitrogens with zero attached hydrogens (tertiary/aromatic N) is 1. The average molecular weight is 462 g/mol. The molecule has 0 aliphatic carbocycles. The van der Waals surface area contributed by atoms with Gasteiger partial charge in [-0.25, -0.2) is 0 Å². The zero-order valence-electron chi connectivity index (χ0n) is 19.6. The first-order valence-electron chi connectivity index (χ1n) is 11.9. The van der Waals surface area contributed by atoms with E-state index in [1.807, 2.05) is 61.5 Å². The summed E-state index contributed by atoms with van der Waals surface area (Å²) in [5.74, 6) is -0.331. The van der Waals surface area contributed by atoms with Gasteiger partial charge in [0.15, 0.2) is 0 Å². The van der Waals surface area contributed by atoms with Crippen molar-refractivity contribution in [2.75, 3.05) is 23.3 Å². The number of hydrogen-bond donors (Lipinski definition) is 2. The van der Waals surface area contributed by atoms with Gasteiger partial charge in [-0.2, -0.15) is 0 Å². The summed E-state index contributed by atoms with van der Waals surface area (Å²) in [4.78, 5) is 27.8. The highest BCUT2D eigenvalue weighted by molar-refractivity contribution is 6.13. The van der Waals surface area contributed by atoms with Gasteiger partial charge >= 0.3 is 0 Å². The van der Waals surface area contributed by atoms with E-state index in [9.17, 15) is 9.59 Å². The second-order valence-corrected chi connectivity index (χ2v) is 8.52. The normalized spacial score (nSPS) is 12.3. The Bertz CT molecular complexity index is 1360. The fourth-order valence-electron chi connectivity index (χ4n) is 4.49. The number of nitrogens with one attached hydrogen (secondary N) is 2. The Kier molecular flexibility index (Phi) is 6.31. The SMILES string of the molecule is CCN1c2ccc(C(=O)NCCc3ccc(-c4ccccc4)cc3)cc2NC(=O)c2ccccc21. The summed E-state index contributed by atoms with van der Waals surface area (Å²) in [5, 5.41) is 5.98. The highest BCUT2D eigenvalue weighted by Gasteiger charge is 2.24. The second kappa shape index (κ2) is 9.85. The predicted molar refractivity (Wildman–Crippen MR) is 141 cm³/mol. The molecule has 0 saturated carbocycles. The molecule has 5 rings (SSSR count). The number of carbonyl (C=O) groups excluding carboxylic acids is 2. The van der Waals surface area contributed by atoms with E-state index >= 15 is 0 Å². The van der Waals surface area contributed by atoms with Gasteiger partial charge in [0.1, 0.15) is 0 Å². The largest absolute Gasteiger partial charge is 0.352 e. The number of para-hydroxylation sites is 1. The molecule has 0 saturated heterocycles. The van der Waals surface area contributed by atoms with Crippen LogP contribution in [0.1, 0.15) is 33.2 Å². The van der Waals surface area contributed by atoms with Crippen LogP contribution in [0.25, 0.3) is 11.1 Å². The molecule has 0 fully saturated rings. The zero-order chi connectivity index (χ0) is 24.2. The number of amides is 2. The van der Waals surface area contributed by atoms with Crippen molar-refractivity contribution in [3.63, 3.8) is 0 Å². The van der Waals surface area contributed by atoms with E-state index in [2.05, 4.69) is 51.9 Å². The van der Waals surface area contributed by atoms with Crippen LogP contribution in [0.15, 0.2) is 97.1 Å². The zero-order valence-corrected chi connectivity index (χ0v) is 19.6. The molecule has 1 aliphatic heterocycles. The molecular formula is C30H27N3O2. The molecule has 1 aliphatic rings. The molecule has 0 spiro atoms. The Morgan fingerprint density at radius 2 is 1.54 bits per heavy atom. The van der Waals surface area contributed by atoms with Crippen molar-refractivity contribution < 1.29 is 9.59 Å². The summed E-state index contributed by atoms with van der Waals surface area (Å²) >= 11 is 0. The van der Waals surface area contributed by atoms with Crippen molar-refractivity contribution in [1.29, 1.82) is 0 Å². The van der Waals surface area contributed by atoms with Crippen LogP contribution in [0.5, 0.6) is 0 Å². The van der Waals surface area contributed by atoms with E-state index in [1.54, 1.807) is 6.07 Å². The third-order valence-electron chi connectivity index (χ3n) is 6.31. The molecule has 0 atom stereocenters. The molecule has 5 heteroatoms. The van der Waals surface area contributed by atoms with Gasteiger partial charge in [0, 0.05) is 18.7 Å². The summed E-state index contributed by atoms with van der Waals surface area (Å²) in [5.41, 5.74) is 7.04. The van der Waals surface area contributed by atoms with Gasteiger partial charge in [-0.1, -0.05) is 66.7 Å². The van der Waals surface area contributed by atoms with E-state index < -0.39 is 0 Å². The van der Waals surface area contributed by atoms with Crippen molar-refractivity contribution >= 4 is 28.9 Å². The van der Waals surface area contributed by atoms with Gasteiger partial charge in [0.05, 0.1) is 22.6 Å². The Balaban J connectivity index is 1.26. The van der Waals surface area contributed by atoms with Gasteiger partial charge in [-0.3, -0.25) is 9.59 Å². The molecule has 174 valence electrons. The maximum atomic E-state index is 12.9. The number of carbonyl (C=O) groups is 2. The van der Waals surface area contributed by atoms with Crippen LogP contribution in [-0.4, -0.2) is 24.9 Å². The van der Waals surface area contributed by atoms with E-state index in [-0.39, 0.29) is 11.8 Å². The maximum absolute atomic E-state index is 12.9. The van der Waals surface area contributed by atoms with Crippen LogP contribution in [0.4, 0.5) is 17.1 Å². The lowest BCUT2D eigenvalue weighted by Gasteiger charge is -2.24. The first-order valence-corrected chi connectivity index (χ1v) is 11.9. The predicted octanol–water partition coefficient (Wildman–Crippen LogP) is 6.05. The smallest absolute Gasteiger partial charge is 0.257 e. The highest BCUT2D eigenvalue weighted by Crippen LogP contribution is 2.38. The summed E-state index contributed by atoms with van der Waals surface area (Å²) in [6.07, 6.45) is 0.738. The molecule has 0 aromatic heterocycles. The number of fused-ring (bicyclic) bond motifs is 2. The van der Waals surface area contributed by atoms with Crippen molar-refractivity contribution in [3.05, 3.63) is 114 Å². The Hall–Kier alpha value is -4.38. The van der Waals surface area contributed by atoms with Crippen molar-refractivity contribution in [2.45, 2.75) is 13.3 Å². The summed E-state index contributed by atoms with van der Waals surface area (Å²) in [6.45, 7) is 3.27. The first kappa shape index (κ1) is 22.4. The Morgan fingerprint density at radius 1 is 0.829 bits per heavy atom. The van der Waals surface area contributed by atoms with Crippen LogP contribution >= 0.6 is 0 Å². The van der Waals surface area contributed by atoms with E-state index in [0.717, 1.165) is 23.4 Å². The van der Waals surface area contributed by atoms with E-state index in [4.69, 9.17) is 0 Å². The van der Waals surface area contributed by atoms with Crippen LogP contribution in [0.3, 0.4) is 0 Å². The summed E-state index contributed by atoms with van der Waals surface area (Å²) in [7, 11) is 0. The fourth-order valence-corrected chi connectivity index (χ4v) is 4.49. The van der Waals surface area contributed by atoms with Gasteiger partial charge in [-0.15, -0.1) is 0 Å². The van der Waals surface area contributed by atoms with Gasteiger partial charge in [0.2, 0.25) is 0 Å². The Morgan fingerprint density at radius 3 is 2.31 bits per heavy atom. The number of hydrogen-bond acceptors (Lipinski definition) is 3. The standard InChI is InChI=1S/C30H27N3O2/c1-2-33-27-11-7-6-10-25(27)30(35)32-26-20-24(16-17-28(26)33)29(34)31-19-18-21-12-14-23(15-13-21)22-8-4-3-5-9-22/h3-17,20H,2,18-19H2,1H3,(H,31,34)(H,32,35). The fraction of sp³-hybridized carbons (Fsp3) is 0.133. The second-order valence-electron chi connectivity index (χ2n) is 8.52.